The third-order valence-corrected chi connectivity index (χ3v) is 7.22. The zero-order valence-corrected chi connectivity index (χ0v) is 26.6. The highest BCUT2D eigenvalue weighted by Crippen LogP contribution is 2.38. The fraction of sp³-hybridized carbons (Fsp3) is 0.306. The van der Waals surface area contributed by atoms with E-state index in [-0.39, 0.29) is 31.5 Å². The number of rotatable bonds is 13. The molecule has 11 heteroatoms. The molecule has 1 aromatic heterocycles. The lowest BCUT2D eigenvalue weighted by Gasteiger charge is -2.22. The van der Waals surface area contributed by atoms with Crippen LogP contribution in [0.1, 0.15) is 54.2 Å². The molecule has 4 aromatic rings. The van der Waals surface area contributed by atoms with Gasteiger partial charge in [0.2, 0.25) is 11.8 Å². The van der Waals surface area contributed by atoms with Crippen LogP contribution >= 0.6 is 0 Å². The Morgan fingerprint density at radius 1 is 0.872 bits per heavy atom. The van der Waals surface area contributed by atoms with E-state index in [4.69, 9.17) is 14.2 Å². The Labute approximate surface area is 272 Å². The highest BCUT2D eigenvalue weighted by Gasteiger charge is 2.34. The molecular formula is C36H38F2N4O5. The van der Waals surface area contributed by atoms with Crippen molar-refractivity contribution in [3.8, 4) is 11.8 Å². The highest BCUT2D eigenvalue weighted by molar-refractivity contribution is 6.11. The number of hydrogen-bond donors (Lipinski definition) is 2. The van der Waals surface area contributed by atoms with Crippen molar-refractivity contribution < 1.29 is 32.6 Å². The van der Waals surface area contributed by atoms with Crippen molar-refractivity contribution in [2.24, 2.45) is 0 Å². The van der Waals surface area contributed by atoms with Crippen LogP contribution in [0.15, 0.2) is 91.0 Å². The number of fused-ring (bicyclic) bond motifs is 1. The molecule has 246 valence electrons. The number of aromatic nitrogens is 1. The largest absolute Gasteiger partial charge is 0.473 e. The summed E-state index contributed by atoms with van der Waals surface area (Å²) in [5.74, 6) is -2.87. The third kappa shape index (κ3) is 9.18. The van der Waals surface area contributed by atoms with Crippen molar-refractivity contribution in [2.45, 2.75) is 58.5 Å². The standard InChI is InChI=1S/C36H38F2N4O5/c1-35(2,3)47-34(44)40-24-36(37,38)19-20-39-29-16-10-15-27-28(29)21-42(33(27)43)30-17-18-31(45-22-25-11-6-4-7-12-25)41-32(30)46-23-26-13-8-5-9-14-26/h4-18,39H,19-24H2,1-3H3,(H,40,44). The van der Waals surface area contributed by atoms with Crippen molar-refractivity contribution in [1.29, 1.82) is 0 Å². The molecule has 0 saturated carbocycles. The number of anilines is 2. The minimum Gasteiger partial charge on any atom is -0.473 e. The van der Waals surface area contributed by atoms with Gasteiger partial charge < -0.3 is 24.8 Å². The molecule has 0 unspecified atom stereocenters. The molecule has 0 bridgehead atoms. The number of halogens is 2. The Bertz CT molecular complexity index is 1680. The molecule has 47 heavy (non-hydrogen) atoms. The van der Waals surface area contributed by atoms with Gasteiger partial charge in [-0.1, -0.05) is 66.7 Å². The summed E-state index contributed by atoms with van der Waals surface area (Å²) in [6.07, 6.45) is -1.45. The number of nitrogens with one attached hydrogen (secondary N) is 2. The van der Waals surface area contributed by atoms with Gasteiger partial charge in [-0.3, -0.25) is 9.69 Å². The normalized spacial score (nSPS) is 12.8. The maximum atomic E-state index is 14.6. The number of carbonyl (C=O) groups excluding carboxylic acids is 2. The summed E-state index contributed by atoms with van der Waals surface area (Å²) in [5.41, 5.74) is 3.27. The van der Waals surface area contributed by atoms with Crippen molar-refractivity contribution in [2.75, 3.05) is 23.3 Å². The Balaban J connectivity index is 1.28. The molecule has 1 aliphatic rings. The van der Waals surface area contributed by atoms with Crippen LogP contribution in [0.2, 0.25) is 0 Å². The minimum atomic E-state index is -3.18. The van der Waals surface area contributed by atoms with Crippen molar-refractivity contribution in [3.05, 3.63) is 113 Å². The third-order valence-electron chi connectivity index (χ3n) is 7.22. The molecular weight excluding hydrogens is 606 g/mol. The quantitative estimate of drug-likeness (QED) is 0.157. The first kappa shape index (κ1) is 33.2. The highest BCUT2D eigenvalue weighted by atomic mass is 19.3. The Morgan fingerprint density at radius 3 is 2.19 bits per heavy atom. The van der Waals surface area contributed by atoms with Gasteiger partial charge in [-0.25, -0.2) is 13.6 Å². The van der Waals surface area contributed by atoms with E-state index in [0.717, 1.165) is 11.1 Å². The predicted molar refractivity (Wildman–Crippen MR) is 175 cm³/mol. The van der Waals surface area contributed by atoms with Crippen molar-refractivity contribution >= 4 is 23.4 Å². The predicted octanol–water partition coefficient (Wildman–Crippen LogP) is 7.36. The van der Waals surface area contributed by atoms with E-state index in [1.54, 1.807) is 56.0 Å². The van der Waals surface area contributed by atoms with Gasteiger partial charge in [0, 0.05) is 35.8 Å². The Kier molecular flexibility index (Phi) is 10.2. The zero-order chi connectivity index (χ0) is 33.4. The number of ether oxygens (including phenoxy) is 3. The van der Waals surface area contributed by atoms with E-state index < -0.39 is 30.6 Å². The lowest BCUT2D eigenvalue weighted by atomic mass is 10.1. The van der Waals surface area contributed by atoms with Gasteiger partial charge in [0.05, 0.1) is 13.1 Å². The van der Waals surface area contributed by atoms with Crippen molar-refractivity contribution in [1.82, 2.24) is 10.3 Å². The first-order valence-electron chi connectivity index (χ1n) is 15.3. The fourth-order valence-corrected chi connectivity index (χ4v) is 4.94. The number of alkyl halides is 2. The van der Waals surface area contributed by atoms with Crippen LogP contribution in [-0.4, -0.2) is 41.6 Å². The molecule has 0 atom stereocenters. The first-order valence-corrected chi connectivity index (χ1v) is 15.3. The Hall–Kier alpha value is -5.19. The maximum Gasteiger partial charge on any atom is 0.407 e. The molecule has 2 heterocycles. The fourth-order valence-electron chi connectivity index (χ4n) is 4.94. The van der Waals surface area contributed by atoms with Gasteiger partial charge in [-0.2, -0.15) is 4.98 Å². The second kappa shape index (κ2) is 14.5. The van der Waals surface area contributed by atoms with Gasteiger partial charge in [-0.15, -0.1) is 0 Å². The van der Waals surface area contributed by atoms with E-state index in [1.165, 1.54) is 0 Å². The number of nitrogens with zero attached hydrogens (tertiary/aromatic N) is 2. The van der Waals surface area contributed by atoms with Crippen LogP contribution in [0.25, 0.3) is 0 Å². The van der Waals surface area contributed by atoms with Crippen LogP contribution in [0.5, 0.6) is 11.8 Å². The van der Waals surface area contributed by atoms with Crippen LogP contribution in [0, 0.1) is 0 Å². The number of pyridine rings is 1. The number of amides is 2. The van der Waals surface area contributed by atoms with Gasteiger partial charge in [0.15, 0.2) is 0 Å². The monoisotopic (exact) mass is 644 g/mol. The van der Waals surface area contributed by atoms with Gasteiger partial charge in [0.25, 0.3) is 11.8 Å². The number of carbonyl (C=O) groups is 2. The summed E-state index contributed by atoms with van der Waals surface area (Å²) in [6, 6.07) is 27.9. The van der Waals surface area contributed by atoms with Crippen LogP contribution in [0.3, 0.4) is 0 Å². The first-order chi connectivity index (χ1) is 22.5. The smallest absolute Gasteiger partial charge is 0.407 e. The average Bonchev–Trinajstić information content (AvgIpc) is 3.38. The molecule has 9 nitrogen and oxygen atoms in total. The molecule has 0 fully saturated rings. The second-order valence-corrected chi connectivity index (χ2v) is 12.1. The molecule has 0 spiro atoms. The molecule has 0 radical (unpaired) electrons. The molecule has 5 rings (SSSR count). The van der Waals surface area contributed by atoms with Gasteiger partial charge in [0.1, 0.15) is 24.5 Å². The summed E-state index contributed by atoms with van der Waals surface area (Å²) in [6.45, 7) is 4.74. The summed E-state index contributed by atoms with van der Waals surface area (Å²) in [7, 11) is 0. The average molecular weight is 645 g/mol. The zero-order valence-electron chi connectivity index (χ0n) is 26.6. The molecule has 0 saturated heterocycles. The van der Waals surface area contributed by atoms with E-state index in [9.17, 15) is 18.4 Å². The summed E-state index contributed by atoms with van der Waals surface area (Å²) >= 11 is 0. The number of benzene rings is 3. The lowest BCUT2D eigenvalue weighted by Crippen LogP contribution is -2.40. The second-order valence-electron chi connectivity index (χ2n) is 12.1. The number of alkyl carbamates (subject to hydrolysis) is 1. The van der Waals surface area contributed by atoms with Crippen LogP contribution < -0.4 is 25.0 Å². The summed E-state index contributed by atoms with van der Waals surface area (Å²) < 4.78 is 46.2. The molecule has 0 aliphatic carbocycles. The van der Waals surface area contributed by atoms with Crippen LogP contribution in [-0.2, 0) is 24.5 Å². The van der Waals surface area contributed by atoms with E-state index in [0.29, 0.717) is 35.0 Å². The van der Waals surface area contributed by atoms with E-state index >= 15 is 0 Å². The molecule has 2 amide bonds. The SMILES string of the molecule is CC(C)(C)OC(=O)NCC(F)(F)CCNc1cccc2c1CN(c1ccc(OCc3ccccc3)nc1OCc1ccccc1)C2=O. The van der Waals surface area contributed by atoms with Gasteiger partial charge >= 0.3 is 6.09 Å². The molecule has 3 aromatic carbocycles. The van der Waals surface area contributed by atoms with E-state index in [2.05, 4.69) is 15.6 Å². The minimum absolute atomic E-state index is 0.0892. The molecule has 1 aliphatic heterocycles. The Morgan fingerprint density at radius 2 is 1.53 bits per heavy atom. The van der Waals surface area contributed by atoms with Crippen LogP contribution in [0.4, 0.5) is 25.0 Å². The van der Waals surface area contributed by atoms with Gasteiger partial charge in [-0.05, 0) is 50.1 Å². The number of hydrogen-bond acceptors (Lipinski definition) is 7. The lowest BCUT2D eigenvalue weighted by molar-refractivity contribution is -0.00874. The summed E-state index contributed by atoms with van der Waals surface area (Å²) in [5, 5.41) is 5.18. The molecule has 2 N–H and O–H groups in total. The topological polar surface area (TPSA) is 102 Å². The van der Waals surface area contributed by atoms with Crippen molar-refractivity contribution in [3.63, 3.8) is 0 Å². The maximum absolute atomic E-state index is 14.6. The summed E-state index contributed by atoms with van der Waals surface area (Å²) in [4.78, 5) is 31.7. The van der Waals surface area contributed by atoms with E-state index in [1.807, 2.05) is 60.7 Å².